The number of rotatable bonds is 9. The molecule has 1 aromatic heterocycles. The highest BCUT2D eigenvalue weighted by Gasteiger charge is 2.24. The molecule has 0 spiro atoms. The minimum absolute atomic E-state index is 0.0295. The smallest absolute Gasteiger partial charge is 0.305 e. The highest BCUT2D eigenvalue weighted by atomic mass is 32.2. The molecule has 27 heavy (non-hydrogen) atoms. The first-order chi connectivity index (χ1) is 12.8. The van der Waals surface area contributed by atoms with Crippen molar-refractivity contribution in [3.63, 3.8) is 0 Å². The Balaban J connectivity index is 1.94. The highest BCUT2D eigenvalue weighted by Crippen LogP contribution is 2.14. The molecule has 0 aliphatic carbocycles. The van der Waals surface area contributed by atoms with E-state index in [-0.39, 0.29) is 17.1 Å². The average molecular weight is 390 g/mol. The maximum atomic E-state index is 12.9. The van der Waals surface area contributed by atoms with E-state index in [9.17, 15) is 18.8 Å². The standard InChI is InChI=1S/C19H19FN2O4S/c1-12-2-5-14(9-21-12)19(26)22-16(8-18(24)25)17(23)11-27-10-13-3-6-15(20)7-4-13/h2-7,9,16H,8,10-11H2,1H3,(H,22,26)(H,24,25)/t16-/m0/s1. The monoisotopic (exact) mass is 390 g/mol. The summed E-state index contributed by atoms with van der Waals surface area (Å²) >= 11 is 1.27. The third kappa shape index (κ3) is 6.82. The zero-order valence-electron chi connectivity index (χ0n) is 14.6. The van der Waals surface area contributed by atoms with E-state index in [0.29, 0.717) is 5.75 Å². The van der Waals surface area contributed by atoms with Crippen molar-refractivity contribution in [1.82, 2.24) is 10.3 Å². The number of aryl methyl sites for hydroxylation is 1. The van der Waals surface area contributed by atoms with Gasteiger partial charge in [0.1, 0.15) is 5.82 Å². The molecule has 0 radical (unpaired) electrons. The minimum atomic E-state index is -1.18. The van der Waals surface area contributed by atoms with Gasteiger partial charge in [-0.25, -0.2) is 4.39 Å². The molecule has 1 amide bonds. The molecule has 0 aliphatic heterocycles. The molecule has 2 aromatic rings. The third-order valence-electron chi connectivity index (χ3n) is 3.67. The number of aliphatic carboxylic acids is 1. The molecule has 1 aromatic carbocycles. The summed E-state index contributed by atoms with van der Waals surface area (Å²) in [6.07, 6.45) is 0.872. The molecule has 1 atom stereocenters. The molecule has 0 saturated heterocycles. The molecular formula is C19H19FN2O4S. The molecule has 142 valence electrons. The van der Waals surface area contributed by atoms with E-state index in [4.69, 9.17) is 5.11 Å². The van der Waals surface area contributed by atoms with Crippen LogP contribution < -0.4 is 5.32 Å². The van der Waals surface area contributed by atoms with Crippen LogP contribution in [0, 0.1) is 12.7 Å². The number of ketones is 1. The highest BCUT2D eigenvalue weighted by molar-refractivity contribution is 7.99. The van der Waals surface area contributed by atoms with Crippen molar-refractivity contribution in [2.45, 2.75) is 25.1 Å². The quantitative estimate of drug-likeness (QED) is 0.683. The van der Waals surface area contributed by atoms with Crippen LogP contribution in [0.5, 0.6) is 0 Å². The van der Waals surface area contributed by atoms with Crippen molar-refractivity contribution in [1.29, 1.82) is 0 Å². The SMILES string of the molecule is Cc1ccc(C(=O)N[C@@H](CC(=O)O)C(=O)CSCc2ccc(F)cc2)cn1. The van der Waals surface area contributed by atoms with Gasteiger partial charge in [0.2, 0.25) is 0 Å². The zero-order valence-corrected chi connectivity index (χ0v) is 15.5. The lowest BCUT2D eigenvalue weighted by Gasteiger charge is -2.16. The predicted molar refractivity (Wildman–Crippen MR) is 100 cm³/mol. The van der Waals surface area contributed by atoms with Crippen molar-refractivity contribution in [2.75, 3.05) is 5.75 Å². The van der Waals surface area contributed by atoms with E-state index >= 15 is 0 Å². The molecule has 0 saturated carbocycles. The van der Waals surface area contributed by atoms with Gasteiger partial charge in [0, 0.05) is 17.6 Å². The van der Waals surface area contributed by atoms with Crippen molar-refractivity contribution < 1.29 is 23.9 Å². The number of nitrogens with one attached hydrogen (secondary N) is 1. The van der Waals surface area contributed by atoms with Crippen LogP contribution in [0.1, 0.15) is 28.0 Å². The maximum Gasteiger partial charge on any atom is 0.305 e. The molecule has 2 N–H and O–H groups in total. The molecule has 0 aliphatic rings. The number of Topliss-reactive ketones (excluding diaryl/α,β-unsaturated/α-hetero) is 1. The molecule has 8 heteroatoms. The van der Waals surface area contributed by atoms with Gasteiger partial charge in [-0.1, -0.05) is 12.1 Å². The Kier molecular flexibility index (Phi) is 7.48. The van der Waals surface area contributed by atoms with E-state index in [1.165, 1.54) is 30.1 Å². The van der Waals surface area contributed by atoms with E-state index in [1.54, 1.807) is 31.2 Å². The van der Waals surface area contributed by atoms with Crippen molar-refractivity contribution in [3.8, 4) is 0 Å². The number of amides is 1. The number of benzene rings is 1. The largest absolute Gasteiger partial charge is 0.481 e. The number of carboxylic acids is 1. The molecule has 2 rings (SSSR count). The lowest BCUT2D eigenvalue weighted by Crippen LogP contribution is -2.43. The molecule has 0 unspecified atom stereocenters. The Morgan fingerprint density at radius 2 is 1.89 bits per heavy atom. The van der Waals surface area contributed by atoms with Gasteiger partial charge in [-0.3, -0.25) is 19.4 Å². The fraction of sp³-hybridized carbons (Fsp3) is 0.263. The van der Waals surface area contributed by atoms with E-state index in [2.05, 4.69) is 10.3 Å². The van der Waals surface area contributed by atoms with Crippen LogP contribution >= 0.6 is 11.8 Å². The number of hydrogen-bond donors (Lipinski definition) is 2. The molecular weight excluding hydrogens is 371 g/mol. The summed E-state index contributed by atoms with van der Waals surface area (Å²) < 4.78 is 12.9. The lowest BCUT2D eigenvalue weighted by atomic mass is 10.1. The van der Waals surface area contributed by atoms with Crippen molar-refractivity contribution >= 4 is 29.4 Å². The second-order valence-electron chi connectivity index (χ2n) is 5.90. The predicted octanol–water partition coefficient (Wildman–Crippen LogP) is 2.60. The van der Waals surface area contributed by atoms with Crippen LogP contribution in [0.3, 0.4) is 0 Å². The van der Waals surface area contributed by atoms with E-state index in [1.807, 2.05) is 0 Å². The van der Waals surface area contributed by atoms with Gasteiger partial charge < -0.3 is 10.4 Å². The summed E-state index contributed by atoms with van der Waals surface area (Å²) in [5.74, 6) is -1.96. The van der Waals surface area contributed by atoms with Gasteiger partial charge in [-0.2, -0.15) is 0 Å². The molecule has 0 fully saturated rings. The van der Waals surface area contributed by atoms with E-state index < -0.39 is 30.1 Å². The number of thioether (sulfide) groups is 1. The maximum absolute atomic E-state index is 12.9. The first kappa shape index (κ1) is 20.6. The van der Waals surface area contributed by atoms with Crippen molar-refractivity contribution in [3.05, 3.63) is 65.2 Å². The summed E-state index contributed by atoms with van der Waals surface area (Å²) in [6.45, 7) is 1.77. The van der Waals surface area contributed by atoms with Gasteiger partial charge in [0.05, 0.1) is 23.8 Å². The van der Waals surface area contributed by atoms with Crippen LogP contribution in [0.4, 0.5) is 4.39 Å². The number of halogens is 1. The molecule has 1 heterocycles. The average Bonchev–Trinajstić information content (AvgIpc) is 2.63. The van der Waals surface area contributed by atoms with Crippen LogP contribution in [0.2, 0.25) is 0 Å². The Morgan fingerprint density at radius 3 is 2.48 bits per heavy atom. The second kappa shape index (κ2) is 9.82. The normalized spacial score (nSPS) is 11.6. The Labute approximate surface area is 160 Å². The zero-order chi connectivity index (χ0) is 19.8. The van der Waals surface area contributed by atoms with Gasteiger partial charge in [0.25, 0.3) is 5.91 Å². The minimum Gasteiger partial charge on any atom is -0.481 e. The topological polar surface area (TPSA) is 96.4 Å². The Morgan fingerprint density at radius 1 is 1.19 bits per heavy atom. The summed E-state index contributed by atoms with van der Waals surface area (Å²) in [7, 11) is 0. The molecule has 0 bridgehead atoms. The van der Waals surface area contributed by atoms with Gasteiger partial charge in [-0.15, -0.1) is 11.8 Å². The van der Waals surface area contributed by atoms with Crippen LogP contribution in [-0.2, 0) is 15.3 Å². The van der Waals surface area contributed by atoms with Crippen LogP contribution in [0.25, 0.3) is 0 Å². The number of nitrogens with zero attached hydrogens (tertiary/aromatic N) is 1. The summed E-state index contributed by atoms with van der Waals surface area (Å²) in [4.78, 5) is 39.7. The van der Waals surface area contributed by atoms with Gasteiger partial charge in [-0.05, 0) is 36.8 Å². The number of carboxylic acid groups (broad SMARTS) is 1. The molecule has 6 nitrogen and oxygen atoms in total. The number of pyridine rings is 1. The summed E-state index contributed by atoms with van der Waals surface area (Å²) in [5.41, 5.74) is 1.84. The van der Waals surface area contributed by atoms with Gasteiger partial charge >= 0.3 is 5.97 Å². The van der Waals surface area contributed by atoms with E-state index in [0.717, 1.165) is 11.3 Å². The number of carbonyl (C=O) groups is 3. The second-order valence-corrected chi connectivity index (χ2v) is 6.88. The first-order valence-corrected chi connectivity index (χ1v) is 9.31. The third-order valence-corrected chi connectivity index (χ3v) is 4.70. The number of aromatic nitrogens is 1. The van der Waals surface area contributed by atoms with Gasteiger partial charge in [0.15, 0.2) is 5.78 Å². The lowest BCUT2D eigenvalue weighted by molar-refractivity contribution is -0.139. The Hall–Kier alpha value is -2.74. The summed E-state index contributed by atoms with van der Waals surface area (Å²) in [6, 6.07) is 7.99. The fourth-order valence-electron chi connectivity index (χ4n) is 2.21. The number of carbonyl (C=O) groups excluding carboxylic acids is 2. The van der Waals surface area contributed by atoms with Crippen molar-refractivity contribution in [2.24, 2.45) is 0 Å². The fourth-order valence-corrected chi connectivity index (χ4v) is 3.15. The summed E-state index contributed by atoms with van der Waals surface area (Å²) in [5, 5.41) is 11.5. The number of hydrogen-bond acceptors (Lipinski definition) is 5. The van der Waals surface area contributed by atoms with Crippen LogP contribution in [0.15, 0.2) is 42.6 Å². The Bertz CT molecular complexity index is 809. The van der Waals surface area contributed by atoms with Crippen LogP contribution in [-0.4, -0.2) is 39.5 Å². The first-order valence-electron chi connectivity index (χ1n) is 8.15.